The van der Waals surface area contributed by atoms with Crippen LogP contribution < -0.4 is 5.73 Å². The maximum absolute atomic E-state index is 13.0. The third-order valence-electron chi connectivity index (χ3n) is 2.83. The Morgan fingerprint density at radius 3 is 2.76 bits per heavy atom. The summed E-state index contributed by atoms with van der Waals surface area (Å²) in [5, 5.41) is 8.93. The van der Waals surface area contributed by atoms with E-state index < -0.39 is 5.82 Å². The quantitative estimate of drug-likeness (QED) is 0.769. The molecule has 0 unspecified atom stereocenters. The number of nitrogen functional groups attached to an aromatic ring is 1. The van der Waals surface area contributed by atoms with E-state index in [0.717, 1.165) is 12.8 Å². The van der Waals surface area contributed by atoms with E-state index in [1.165, 1.54) is 18.2 Å². The van der Waals surface area contributed by atoms with Gasteiger partial charge in [-0.1, -0.05) is 0 Å². The second kappa shape index (κ2) is 4.71. The number of nitrogens with zero attached hydrogens (tertiary/aromatic N) is 1. The Bertz CT molecular complexity index is 433. The summed E-state index contributed by atoms with van der Waals surface area (Å²) in [6.45, 7) is 0.236. The van der Waals surface area contributed by atoms with Gasteiger partial charge in [-0.15, -0.1) is 0 Å². The summed E-state index contributed by atoms with van der Waals surface area (Å²) in [5.41, 5.74) is 5.76. The van der Waals surface area contributed by atoms with E-state index in [2.05, 4.69) is 0 Å². The summed E-state index contributed by atoms with van der Waals surface area (Å²) in [4.78, 5) is 13.7. The summed E-state index contributed by atoms with van der Waals surface area (Å²) >= 11 is 0. The number of rotatable bonds is 4. The monoisotopic (exact) mass is 238 g/mol. The topological polar surface area (TPSA) is 66.6 Å². The first-order valence-electron chi connectivity index (χ1n) is 5.60. The van der Waals surface area contributed by atoms with Crippen molar-refractivity contribution in [3.63, 3.8) is 0 Å². The van der Waals surface area contributed by atoms with Crippen LogP contribution in [0.1, 0.15) is 23.2 Å². The average Bonchev–Trinajstić information content (AvgIpc) is 3.13. The Morgan fingerprint density at radius 2 is 2.24 bits per heavy atom. The first-order chi connectivity index (χ1) is 8.13. The minimum absolute atomic E-state index is 0.0319. The highest BCUT2D eigenvalue weighted by Crippen LogP contribution is 2.28. The molecule has 0 aliphatic heterocycles. The average molecular weight is 238 g/mol. The molecule has 0 radical (unpaired) electrons. The zero-order valence-corrected chi connectivity index (χ0v) is 9.40. The van der Waals surface area contributed by atoms with Crippen LogP contribution in [0.5, 0.6) is 0 Å². The van der Waals surface area contributed by atoms with Crippen molar-refractivity contribution in [2.45, 2.75) is 18.9 Å². The highest BCUT2D eigenvalue weighted by molar-refractivity contribution is 5.95. The molecule has 1 aliphatic carbocycles. The van der Waals surface area contributed by atoms with Crippen LogP contribution in [0.2, 0.25) is 0 Å². The van der Waals surface area contributed by atoms with E-state index in [9.17, 15) is 9.18 Å². The van der Waals surface area contributed by atoms with Crippen molar-refractivity contribution in [1.29, 1.82) is 0 Å². The van der Waals surface area contributed by atoms with Gasteiger partial charge in [0.1, 0.15) is 5.82 Å². The van der Waals surface area contributed by atoms with Crippen molar-refractivity contribution in [2.75, 3.05) is 18.9 Å². The molecule has 0 bridgehead atoms. The van der Waals surface area contributed by atoms with Gasteiger partial charge in [0.2, 0.25) is 0 Å². The zero-order valence-electron chi connectivity index (χ0n) is 9.40. The van der Waals surface area contributed by atoms with E-state index in [0.29, 0.717) is 12.1 Å². The van der Waals surface area contributed by atoms with E-state index in [-0.39, 0.29) is 24.2 Å². The van der Waals surface area contributed by atoms with Crippen LogP contribution in [-0.4, -0.2) is 35.1 Å². The molecule has 0 saturated heterocycles. The predicted molar refractivity (Wildman–Crippen MR) is 62.0 cm³/mol. The fourth-order valence-corrected chi connectivity index (χ4v) is 1.79. The molecular formula is C12H15FN2O2. The number of benzene rings is 1. The summed E-state index contributed by atoms with van der Waals surface area (Å²) in [6.07, 6.45) is 1.92. The van der Waals surface area contributed by atoms with Crippen LogP contribution >= 0.6 is 0 Å². The van der Waals surface area contributed by atoms with Crippen LogP contribution in [0.4, 0.5) is 10.1 Å². The highest BCUT2D eigenvalue weighted by Gasteiger charge is 2.32. The molecule has 0 aromatic heterocycles. The lowest BCUT2D eigenvalue weighted by Crippen LogP contribution is -2.35. The van der Waals surface area contributed by atoms with Gasteiger partial charge in [0.05, 0.1) is 12.3 Å². The second-order valence-electron chi connectivity index (χ2n) is 4.19. The van der Waals surface area contributed by atoms with Crippen LogP contribution in [-0.2, 0) is 0 Å². The minimum atomic E-state index is -0.526. The SMILES string of the molecule is Nc1cc(C(=O)N(CCO)C2CC2)ccc1F. The maximum atomic E-state index is 13.0. The lowest BCUT2D eigenvalue weighted by atomic mass is 10.1. The van der Waals surface area contributed by atoms with E-state index in [1.54, 1.807) is 4.90 Å². The molecule has 2 rings (SSSR count). The molecule has 1 fully saturated rings. The molecule has 1 aromatic rings. The molecule has 1 aromatic carbocycles. The van der Waals surface area contributed by atoms with Crippen LogP contribution in [0.3, 0.4) is 0 Å². The van der Waals surface area contributed by atoms with Crippen molar-refractivity contribution in [3.05, 3.63) is 29.6 Å². The molecule has 0 spiro atoms. The Labute approximate surface area is 98.8 Å². The Hall–Kier alpha value is -1.62. The van der Waals surface area contributed by atoms with E-state index in [1.807, 2.05) is 0 Å². The van der Waals surface area contributed by atoms with Crippen LogP contribution in [0, 0.1) is 5.82 Å². The first-order valence-corrected chi connectivity index (χ1v) is 5.60. The fourth-order valence-electron chi connectivity index (χ4n) is 1.79. The zero-order chi connectivity index (χ0) is 12.4. The van der Waals surface area contributed by atoms with Gasteiger partial charge >= 0.3 is 0 Å². The summed E-state index contributed by atoms with van der Waals surface area (Å²) in [7, 11) is 0. The number of carbonyl (C=O) groups is 1. The van der Waals surface area contributed by atoms with Gasteiger partial charge in [0, 0.05) is 18.2 Å². The van der Waals surface area contributed by atoms with Crippen molar-refractivity contribution in [2.24, 2.45) is 0 Å². The molecule has 3 N–H and O–H groups in total. The summed E-state index contributed by atoms with van der Waals surface area (Å²) in [5.74, 6) is -0.727. The summed E-state index contributed by atoms with van der Waals surface area (Å²) in [6, 6.07) is 4.15. The van der Waals surface area contributed by atoms with E-state index in [4.69, 9.17) is 10.8 Å². The van der Waals surface area contributed by atoms with Gasteiger partial charge < -0.3 is 15.7 Å². The summed E-state index contributed by atoms with van der Waals surface area (Å²) < 4.78 is 13.0. The Balaban J connectivity index is 2.19. The smallest absolute Gasteiger partial charge is 0.254 e. The van der Waals surface area contributed by atoms with Gasteiger partial charge in [0.25, 0.3) is 5.91 Å². The number of anilines is 1. The number of halogens is 1. The van der Waals surface area contributed by atoms with Crippen molar-refractivity contribution in [1.82, 2.24) is 4.90 Å². The Morgan fingerprint density at radius 1 is 1.53 bits per heavy atom. The molecule has 17 heavy (non-hydrogen) atoms. The number of aliphatic hydroxyl groups is 1. The number of aliphatic hydroxyl groups excluding tert-OH is 1. The molecule has 0 atom stereocenters. The van der Waals surface area contributed by atoms with Crippen molar-refractivity contribution in [3.8, 4) is 0 Å². The standard InChI is InChI=1S/C12H15FN2O2/c13-10-4-1-8(7-11(10)14)12(17)15(5-6-16)9-2-3-9/h1,4,7,9,16H,2-3,5-6,14H2. The number of carbonyl (C=O) groups excluding carboxylic acids is 1. The predicted octanol–water partition coefficient (Wildman–Crippen LogP) is 1.00. The van der Waals surface area contributed by atoms with Gasteiger partial charge in [-0.2, -0.15) is 0 Å². The largest absolute Gasteiger partial charge is 0.396 e. The molecular weight excluding hydrogens is 223 g/mol. The lowest BCUT2D eigenvalue weighted by Gasteiger charge is -2.21. The maximum Gasteiger partial charge on any atom is 0.254 e. The highest BCUT2D eigenvalue weighted by atomic mass is 19.1. The number of nitrogens with two attached hydrogens (primary N) is 1. The molecule has 4 nitrogen and oxygen atoms in total. The van der Waals surface area contributed by atoms with Crippen LogP contribution in [0.25, 0.3) is 0 Å². The third-order valence-corrected chi connectivity index (χ3v) is 2.83. The second-order valence-corrected chi connectivity index (χ2v) is 4.19. The van der Waals surface area contributed by atoms with E-state index >= 15 is 0 Å². The molecule has 0 heterocycles. The molecule has 1 saturated carbocycles. The third kappa shape index (κ3) is 2.55. The number of hydrogen-bond donors (Lipinski definition) is 2. The van der Waals surface area contributed by atoms with Crippen molar-refractivity contribution >= 4 is 11.6 Å². The van der Waals surface area contributed by atoms with Crippen LogP contribution in [0.15, 0.2) is 18.2 Å². The molecule has 5 heteroatoms. The minimum Gasteiger partial charge on any atom is -0.396 e. The molecule has 1 amide bonds. The van der Waals surface area contributed by atoms with Crippen molar-refractivity contribution < 1.29 is 14.3 Å². The number of amides is 1. The Kier molecular flexibility index (Phi) is 3.28. The first kappa shape index (κ1) is 11.9. The number of hydrogen-bond acceptors (Lipinski definition) is 3. The van der Waals surface area contributed by atoms with Gasteiger partial charge in [0.15, 0.2) is 0 Å². The van der Waals surface area contributed by atoms with Gasteiger partial charge in [-0.05, 0) is 31.0 Å². The lowest BCUT2D eigenvalue weighted by molar-refractivity contribution is 0.0707. The van der Waals surface area contributed by atoms with Gasteiger partial charge in [-0.3, -0.25) is 4.79 Å². The molecule has 1 aliphatic rings. The van der Waals surface area contributed by atoms with Gasteiger partial charge in [-0.25, -0.2) is 4.39 Å². The normalized spacial score (nSPS) is 14.7. The molecule has 92 valence electrons. The fraction of sp³-hybridized carbons (Fsp3) is 0.417.